The summed E-state index contributed by atoms with van der Waals surface area (Å²) in [6.45, 7) is 6.76. The second-order valence-corrected chi connectivity index (χ2v) is 5.98. The molecule has 0 aromatic heterocycles. The zero-order valence-electron chi connectivity index (χ0n) is 12.6. The summed E-state index contributed by atoms with van der Waals surface area (Å²) in [7, 11) is 0. The lowest BCUT2D eigenvalue weighted by atomic mass is 10.0. The fourth-order valence-electron chi connectivity index (χ4n) is 2.41. The van der Waals surface area contributed by atoms with Crippen LogP contribution in [0.2, 0.25) is 5.02 Å². The van der Waals surface area contributed by atoms with E-state index in [4.69, 9.17) is 11.6 Å². The highest BCUT2D eigenvalue weighted by Gasteiger charge is 2.09. The Morgan fingerprint density at radius 2 is 1.63 bits per heavy atom. The second kappa shape index (κ2) is 9.39. The number of hydrogen-bond donors (Lipinski definition) is 1. The predicted molar refractivity (Wildman–Crippen MR) is 85.8 cm³/mol. The van der Waals surface area contributed by atoms with E-state index in [1.54, 1.807) is 0 Å². The summed E-state index contributed by atoms with van der Waals surface area (Å²) in [6.07, 6.45) is 8.05. The largest absolute Gasteiger partial charge is 0.308 e. The summed E-state index contributed by atoms with van der Waals surface area (Å²) in [5, 5.41) is 4.47. The number of nitrogens with one attached hydrogen (secondary N) is 1. The molecule has 1 rings (SSSR count). The molecule has 0 aliphatic heterocycles. The van der Waals surface area contributed by atoms with Crippen LogP contribution in [-0.2, 0) is 0 Å². The van der Waals surface area contributed by atoms with Crippen LogP contribution in [0.4, 0.5) is 0 Å². The molecule has 0 radical (unpaired) electrons. The zero-order valence-corrected chi connectivity index (χ0v) is 13.3. The molecule has 0 saturated heterocycles. The molecule has 0 saturated carbocycles. The fraction of sp³-hybridized carbons (Fsp3) is 0.647. The van der Waals surface area contributed by atoms with Crippen LogP contribution in [0.5, 0.6) is 0 Å². The standard InChI is InChI=1S/C17H28ClN/c1-4-5-6-7-8-9-14(2)19-15(3)16-10-12-17(18)13-11-16/h10-15,19H,4-9H2,1-3H3. The highest BCUT2D eigenvalue weighted by molar-refractivity contribution is 6.30. The van der Waals surface area contributed by atoms with E-state index in [1.807, 2.05) is 12.1 Å². The third-order valence-electron chi connectivity index (χ3n) is 3.65. The lowest BCUT2D eigenvalue weighted by Crippen LogP contribution is -2.28. The monoisotopic (exact) mass is 281 g/mol. The lowest BCUT2D eigenvalue weighted by Gasteiger charge is -2.20. The van der Waals surface area contributed by atoms with Crippen molar-refractivity contribution in [3.05, 3.63) is 34.9 Å². The molecule has 0 aliphatic rings. The average molecular weight is 282 g/mol. The first kappa shape index (κ1) is 16.5. The van der Waals surface area contributed by atoms with Gasteiger partial charge < -0.3 is 5.32 Å². The van der Waals surface area contributed by atoms with Gasteiger partial charge in [-0.3, -0.25) is 0 Å². The van der Waals surface area contributed by atoms with Gasteiger partial charge in [-0.05, 0) is 38.0 Å². The molecule has 0 spiro atoms. The minimum atomic E-state index is 0.392. The Kier molecular flexibility index (Phi) is 8.16. The van der Waals surface area contributed by atoms with Gasteiger partial charge in [0.05, 0.1) is 0 Å². The maximum Gasteiger partial charge on any atom is 0.0406 e. The van der Waals surface area contributed by atoms with Crippen molar-refractivity contribution in [2.45, 2.75) is 71.4 Å². The van der Waals surface area contributed by atoms with Gasteiger partial charge in [-0.15, -0.1) is 0 Å². The molecule has 19 heavy (non-hydrogen) atoms. The molecule has 2 atom stereocenters. The smallest absolute Gasteiger partial charge is 0.0406 e. The van der Waals surface area contributed by atoms with Crippen LogP contribution in [0, 0.1) is 0 Å². The second-order valence-electron chi connectivity index (χ2n) is 5.54. The van der Waals surface area contributed by atoms with Gasteiger partial charge >= 0.3 is 0 Å². The van der Waals surface area contributed by atoms with E-state index in [0.717, 1.165) is 5.02 Å². The van der Waals surface area contributed by atoms with Gasteiger partial charge in [0, 0.05) is 17.1 Å². The molecule has 2 unspecified atom stereocenters. The molecule has 108 valence electrons. The fourth-order valence-corrected chi connectivity index (χ4v) is 2.54. The maximum atomic E-state index is 5.91. The Labute approximate surface area is 123 Å². The van der Waals surface area contributed by atoms with Gasteiger partial charge in [0.25, 0.3) is 0 Å². The normalized spacial score (nSPS) is 14.3. The van der Waals surface area contributed by atoms with Crippen molar-refractivity contribution in [2.75, 3.05) is 0 Å². The minimum absolute atomic E-state index is 0.392. The van der Waals surface area contributed by atoms with Gasteiger partial charge in [0.2, 0.25) is 0 Å². The first-order valence-corrected chi connectivity index (χ1v) is 8.02. The van der Waals surface area contributed by atoms with Crippen molar-refractivity contribution in [1.82, 2.24) is 5.32 Å². The molecule has 1 aromatic carbocycles. The third-order valence-corrected chi connectivity index (χ3v) is 3.90. The van der Waals surface area contributed by atoms with Crippen LogP contribution in [0.3, 0.4) is 0 Å². The van der Waals surface area contributed by atoms with E-state index >= 15 is 0 Å². The highest BCUT2D eigenvalue weighted by Crippen LogP contribution is 2.17. The van der Waals surface area contributed by atoms with Crippen LogP contribution in [0.1, 0.15) is 70.9 Å². The zero-order chi connectivity index (χ0) is 14.1. The van der Waals surface area contributed by atoms with Gasteiger partial charge in [-0.2, -0.15) is 0 Å². The third kappa shape index (κ3) is 6.98. The Bertz CT molecular complexity index is 334. The minimum Gasteiger partial charge on any atom is -0.308 e. The van der Waals surface area contributed by atoms with E-state index in [0.29, 0.717) is 12.1 Å². The number of unbranched alkanes of at least 4 members (excludes halogenated alkanes) is 4. The van der Waals surface area contributed by atoms with Gasteiger partial charge in [-0.1, -0.05) is 62.8 Å². The Morgan fingerprint density at radius 3 is 2.26 bits per heavy atom. The topological polar surface area (TPSA) is 12.0 Å². The van der Waals surface area contributed by atoms with Crippen molar-refractivity contribution in [2.24, 2.45) is 0 Å². The first-order valence-electron chi connectivity index (χ1n) is 7.65. The molecule has 0 aliphatic carbocycles. The SMILES string of the molecule is CCCCCCCC(C)NC(C)c1ccc(Cl)cc1. The highest BCUT2D eigenvalue weighted by atomic mass is 35.5. The van der Waals surface area contributed by atoms with Crippen LogP contribution in [-0.4, -0.2) is 6.04 Å². The van der Waals surface area contributed by atoms with E-state index in [1.165, 1.54) is 44.1 Å². The Morgan fingerprint density at radius 1 is 1.00 bits per heavy atom. The van der Waals surface area contributed by atoms with E-state index in [-0.39, 0.29) is 0 Å². The molecule has 0 amide bonds. The summed E-state index contributed by atoms with van der Waals surface area (Å²) in [4.78, 5) is 0. The van der Waals surface area contributed by atoms with Gasteiger partial charge in [0.15, 0.2) is 0 Å². The summed E-state index contributed by atoms with van der Waals surface area (Å²) in [5.74, 6) is 0. The molecule has 1 N–H and O–H groups in total. The number of halogens is 1. The van der Waals surface area contributed by atoms with Crippen molar-refractivity contribution >= 4 is 11.6 Å². The molecule has 1 aromatic rings. The Hall–Kier alpha value is -0.530. The van der Waals surface area contributed by atoms with E-state index in [9.17, 15) is 0 Å². The van der Waals surface area contributed by atoms with Crippen molar-refractivity contribution in [1.29, 1.82) is 0 Å². The number of rotatable bonds is 9. The predicted octanol–water partition coefficient (Wildman–Crippen LogP) is 5.74. The van der Waals surface area contributed by atoms with Crippen molar-refractivity contribution in [3.8, 4) is 0 Å². The van der Waals surface area contributed by atoms with E-state index in [2.05, 4.69) is 38.2 Å². The summed E-state index contributed by atoms with van der Waals surface area (Å²) in [5.41, 5.74) is 1.31. The molecule has 0 heterocycles. The first-order chi connectivity index (χ1) is 9.13. The van der Waals surface area contributed by atoms with Crippen molar-refractivity contribution in [3.63, 3.8) is 0 Å². The van der Waals surface area contributed by atoms with Crippen LogP contribution >= 0.6 is 11.6 Å². The van der Waals surface area contributed by atoms with Crippen LogP contribution in [0.15, 0.2) is 24.3 Å². The quantitative estimate of drug-likeness (QED) is 0.569. The molecule has 1 nitrogen and oxygen atoms in total. The summed E-state index contributed by atoms with van der Waals surface area (Å²) in [6, 6.07) is 9.10. The van der Waals surface area contributed by atoms with E-state index < -0.39 is 0 Å². The average Bonchev–Trinajstić information content (AvgIpc) is 2.39. The molecular weight excluding hydrogens is 254 g/mol. The van der Waals surface area contributed by atoms with Gasteiger partial charge in [-0.25, -0.2) is 0 Å². The van der Waals surface area contributed by atoms with Crippen LogP contribution in [0.25, 0.3) is 0 Å². The van der Waals surface area contributed by atoms with Crippen LogP contribution < -0.4 is 5.32 Å². The number of hydrogen-bond acceptors (Lipinski definition) is 1. The molecule has 0 fully saturated rings. The molecule has 0 bridgehead atoms. The maximum absolute atomic E-state index is 5.91. The molecule has 2 heteroatoms. The van der Waals surface area contributed by atoms with Crippen molar-refractivity contribution < 1.29 is 0 Å². The Balaban J connectivity index is 2.23. The molecular formula is C17H28ClN. The summed E-state index contributed by atoms with van der Waals surface area (Å²) >= 11 is 5.91. The summed E-state index contributed by atoms with van der Waals surface area (Å²) < 4.78 is 0. The lowest BCUT2D eigenvalue weighted by molar-refractivity contribution is 0.436. The number of benzene rings is 1. The van der Waals surface area contributed by atoms with Gasteiger partial charge in [0.1, 0.15) is 0 Å².